The Balaban J connectivity index is 2.18. The van der Waals surface area contributed by atoms with Crippen LogP contribution in [-0.4, -0.2) is 24.8 Å². The highest BCUT2D eigenvalue weighted by Crippen LogP contribution is 2.36. The molecule has 2 aromatic carbocycles. The van der Waals surface area contributed by atoms with E-state index in [4.69, 9.17) is 33.3 Å². The maximum Gasteiger partial charge on any atom is 0.338 e. The molecule has 0 saturated heterocycles. The highest BCUT2D eigenvalue weighted by Gasteiger charge is 2.34. The van der Waals surface area contributed by atoms with Gasteiger partial charge in [-0.05, 0) is 36.0 Å². The normalized spacial score (nSPS) is 16.1. The van der Waals surface area contributed by atoms with E-state index in [1.54, 1.807) is 18.2 Å². The lowest BCUT2D eigenvalue weighted by molar-refractivity contribution is -0.136. The van der Waals surface area contributed by atoms with Gasteiger partial charge in [0.05, 0.1) is 24.4 Å². The van der Waals surface area contributed by atoms with Gasteiger partial charge >= 0.3 is 5.97 Å². The molecule has 0 amide bonds. The summed E-state index contributed by atoms with van der Waals surface area (Å²) in [5, 5.41) is 7.22. The Kier molecular flexibility index (Phi) is 6.34. The number of carbonyl (C=O) groups is 1. The fourth-order valence-corrected chi connectivity index (χ4v) is 3.32. The van der Waals surface area contributed by atoms with Crippen molar-refractivity contribution < 1.29 is 14.3 Å². The van der Waals surface area contributed by atoms with Crippen molar-refractivity contribution in [1.82, 2.24) is 10.6 Å². The number of benzene rings is 2. The molecule has 7 heteroatoms. The van der Waals surface area contributed by atoms with E-state index in [1.807, 2.05) is 36.4 Å². The van der Waals surface area contributed by atoms with Gasteiger partial charge in [0.15, 0.2) is 5.11 Å². The fraction of sp³-hybridized carbons (Fsp3) is 0.143. The van der Waals surface area contributed by atoms with Crippen LogP contribution in [0.3, 0.4) is 0 Å². The number of methoxy groups -OCH3 is 1. The second kappa shape index (κ2) is 8.91. The van der Waals surface area contributed by atoms with Crippen LogP contribution in [-0.2, 0) is 9.53 Å². The molecule has 3 rings (SSSR count). The Morgan fingerprint density at radius 1 is 1.25 bits per heavy atom. The summed E-state index contributed by atoms with van der Waals surface area (Å²) in [5.41, 5.74) is 2.49. The quantitative estimate of drug-likeness (QED) is 0.423. The summed E-state index contributed by atoms with van der Waals surface area (Å²) in [5.74, 6) is 0.150. The minimum atomic E-state index is -0.548. The van der Waals surface area contributed by atoms with E-state index in [0.29, 0.717) is 33.8 Å². The molecule has 1 atom stereocenters. The van der Waals surface area contributed by atoms with Crippen LogP contribution in [0.5, 0.6) is 5.75 Å². The summed E-state index contributed by atoms with van der Waals surface area (Å²) in [7, 11) is 1.35. The standard InChI is InChI=1S/C21H19ClN2O3S/c1-3-12-27-16-7-5-4-6-15(16)19-17(20(25)26-2)18(23-21(28)24-19)13-8-10-14(22)11-9-13/h3-11,19H,1,12H2,2H3,(H2,23,24,28)/t19-/m0/s1. The minimum Gasteiger partial charge on any atom is -0.489 e. The summed E-state index contributed by atoms with van der Waals surface area (Å²) in [6.45, 7) is 4.02. The molecular formula is C21H19ClN2O3S. The van der Waals surface area contributed by atoms with Gasteiger partial charge in [-0.15, -0.1) is 0 Å². The summed E-state index contributed by atoms with van der Waals surface area (Å²) < 4.78 is 10.8. The minimum absolute atomic E-state index is 0.341. The molecule has 1 aliphatic heterocycles. The van der Waals surface area contributed by atoms with Gasteiger partial charge in [0.1, 0.15) is 12.4 Å². The highest BCUT2D eigenvalue weighted by atomic mass is 35.5. The van der Waals surface area contributed by atoms with Crippen LogP contribution in [0.1, 0.15) is 17.2 Å². The predicted octanol–water partition coefficient (Wildman–Crippen LogP) is 4.01. The number of halogens is 1. The summed E-state index contributed by atoms with van der Waals surface area (Å²) in [6, 6.07) is 14.0. The Morgan fingerprint density at radius 2 is 1.96 bits per heavy atom. The Labute approximate surface area is 174 Å². The molecule has 0 aliphatic carbocycles. The number of esters is 1. The van der Waals surface area contributed by atoms with Crippen LogP contribution >= 0.6 is 23.8 Å². The van der Waals surface area contributed by atoms with Gasteiger partial charge in [-0.25, -0.2) is 4.79 Å². The van der Waals surface area contributed by atoms with Crippen LogP contribution in [0, 0.1) is 0 Å². The second-order valence-electron chi connectivity index (χ2n) is 5.96. The molecule has 5 nitrogen and oxygen atoms in total. The van der Waals surface area contributed by atoms with E-state index in [9.17, 15) is 4.79 Å². The van der Waals surface area contributed by atoms with Gasteiger partial charge in [0, 0.05) is 10.6 Å². The van der Waals surface area contributed by atoms with E-state index in [1.165, 1.54) is 7.11 Å². The van der Waals surface area contributed by atoms with E-state index in [0.717, 1.165) is 11.1 Å². The number of thiocarbonyl (C=S) groups is 1. The monoisotopic (exact) mass is 414 g/mol. The van der Waals surface area contributed by atoms with Crippen molar-refractivity contribution in [3.8, 4) is 5.75 Å². The molecule has 2 N–H and O–H groups in total. The van der Waals surface area contributed by atoms with Crippen molar-refractivity contribution in [3.63, 3.8) is 0 Å². The van der Waals surface area contributed by atoms with Crippen molar-refractivity contribution in [1.29, 1.82) is 0 Å². The molecule has 2 aromatic rings. The third-order valence-corrected chi connectivity index (χ3v) is 4.67. The second-order valence-corrected chi connectivity index (χ2v) is 6.80. The number of carbonyl (C=O) groups excluding carboxylic acids is 1. The van der Waals surface area contributed by atoms with Crippen LogP contribution in [0.2, 0.25) is 5.02 Å². The smallest absolute Gasteiger partial charge is 0.338 e. The van der Waals surface area contributed by atoms with Crippen molar-refractivity contribution in [3.05, 3.63) is 82.9 Å². The zero-order valence-electron chi connectivity index (χ0n) is 15.2. The maximum absolute atomic E-state index is 12.7. The zero-order valence-corrected chi connectivity index (χ0v) is 16.8. The van der Waals surface area contributed by atoms with Crippen molar-refractivity contribution >= 4 is 40.6 Å². The molecule has 0 aromatic heterocycles. The highest BCUT2D eigenvalue weighted by molar-refractivity contribution is 7.80. The van der Waals surface area contributed by atoms with Crippen LogP contribution in [0.25, 0.3) is 5.70 Å². The Morgan fingerprint density at radius 3 is 2.64 bits per heavy atom. The van der Waals surface area contributed by atoms with E-state index < -0.39 is 12.0 Å². The van der Waals surface area contributed by atoms with E-state index in [-0.39, 0.29) is 0 Å². The van der Waals surface area contributed by atoms with Gasteiger partial charge in [-0.1, -0.05) is 54.6 Å². The Hall–Kier alpha value is -2.83. The van der Waals surface area contributed by atoms with Gasteiger partial charge in [0.25, 0.3) is 0 Å². The molecule has 0 fully saturated rings. The number of hydrogen-bond donors (Lipinski definition) is 2. The molecule has 0 spiro atoms. The molecule has 0 radical (unpaired) electrons. The molecular weight excluding hydrogens is 396 g/mol. The SMILES string of the molecule is C=CCOc1ccccc1[C@@H]1NC(=S)NC(c2ccc(Cl)cc2)=C1C(=O)OC. The molecule has 0 unspecified atom stereocenters. The number of ether oxygens (including phenoxy) is 2. The molecule has 0 bridgehead atoms. The molecule has 1 heterocycles. The zero-order chi connectivity index (χ0) is 20.1. The number of para-hydroxylation sites is 1. The summed E-state index contributed by atoms with van der Waals surface area (Å²) in [4.78, 5) is 12.7. The molecule has 144 valence electrons. The van der Waals surface area contributed by atoms with Gasteiger partial charge < -0.3 is 20.1 Å². The van der Waals surface area contributed by atoms with Crippen molar-refractivity contribution in [2.75, 3.05) is 13.7 Å². The first-order valence-corrected chi connectivity index (χ1v) is 9.32. The van der Waals surface area contributed by atoms with Crippen LogP contribution in [0.4, 0.5) is 0 Å². The molecule has 1 aliphatic rings. The lowest BCUT2D eigenvalue weighted by Crippen LogP contribution is -2.45. The average molecular weight is 415 g/mol. The lowest BCUT2D eigenvalue weighted by atomic mass is 9.92. The average Bonchev–Trinajstić information content (AvgIpc) is 2.72. The number of rotatable bonds is 6. The first-order chi connectivity index (χ1) is 13.5. The number of nitrogens with one attached hydrogen (secondary N) is 2. The summed E-state index contributed by atoms with van der Waals surface area (Å²) >= 11 is 11.4. The Bertz CT molecular complexity index is 941. The third-order valence-electron chi connectivity index (χ3n) is 4.20. The summed E-state index contributed by atoms with van der Waals surface area (Å²) in [6.07, 6.45) is 1.66. The number of hydrogen-bond acceptors (Lipinski definition) is 4. The largest absolute Gasteiger partial charge is 0.489 e. The van der Waals surface area contributed by atoms with E-state index in [2.05, 4.69) is 17.2 Å². The first-order valence-electron chi connectivity index (χ1n) is 8.53. The van der Waals surface area contributed by atoms with Crippen LogP contribution < -0.4 is 15.4 Å². The fourth-order valence-electron chi connectivity index (χ4n) is 2.97. The molecule has 28 heavy (non-hydrogen) atoms. The van der Waals surface area contributed by atoms with Gasteiger partial charge in [-0.2, -0.15) is 0 Å². The predicted molar refractivity (Wildman–Crippen MR) is 114 cm³/mol. The van der Waals surface area contributed by atoms with Crippen molar-refractivity contribution in [2.24, 2.45) is 0 Å². The van der Waals surface area contributed by atoms with E-state index >= 15 is 0 Å². The first kappa shape index (κ1) is 19.9. The van der Waals surface area contributed by atoms with Crippen molar-refractivity contribution in [2.45, 2.75) is 6.04 Å². The van der Waals surface area contributed by atoms with Gasteiger partial charge in [-0.3, -0.25) is 0 Å². The lowest BCUT2D eigenvalue weighted by Gasteiger charge is -2.31. The van der Waals surface area contributed by atoms with Gasteiger partial charge in [0.2, 0.25) is 0 Å². The molecule has 0 saturated carbocycles. The third kappa shape index (κ3) is 4.18. The topological polar surface area (TPSA) is 59.6 Å². The maximum atomic E-state index is 12.7. The van der Waals surface area contributed by atoms with Crippen LogP contribution in [0.15, 0.2) is 66.8 Å².